The van der Waals surface area contributed by atoms with Crippen molar-refractivity contribution in [3.05, 3.63) is 32.8 Å². The van der Waals surface area contributed by atoms with E-state index in [1.807, 2.05) is 0 Å². The number of hydrogen-bond donors (Lipinski definition) is 1. The van der Waals surface area contributed by atoms with Gasteiger partial charge >= 0.3 is 0 Å². The zero-order valence-electron chi connectivity index (χ0n) is 6.73. The third-order valence-electron chi connectivity index (χ3n) is 1.80. The average Bonchev–Trinajstić information content (AvgIpc) is 2.43. The summed E-state index contributed by atoms with van der Waals surface area (Å²) in [7, 11) is 0. The van der Waals surface area contributed by atoms with Gasteiger partial charge in [0.1, 0.15) is 0 Å². The first-order valence-electron chi connectivity index (χ1n) is 3.65. The van der Waals surface area contributed by atoms with E-state index < -0.39 is 4.92 Å². The van der Waals surface area contributed by atoms with Crippen LogP contribution in [0.1, 0.15) is 0 Å². The number of aromatic hydroxyl groups is 1. The number of fused-ring (bicyclic) bond motifs is 1. The first-order chi connectivity index (χ1) is 6.59. The minimum atomic E-state index is -0.458. The Labute approximate surface area is 91.1 Å². The molecule has 0 bridgehead atoms. The van der Waals surface area contributed by atoms with Crippen LogP contribution in [0.15, 0.2) is 22.7 Å². The molecule has 0 spiro atoms. The smallest absolute Gasteiger partial charge is 0.270 e. The van der Waals surface area contributed by atoms with Gasteiger partial charge in [0.25, 0.3) is 5.69 Å². The molecule has 14 heavy (non-hydrogen) atoms. The number of nitro groups is 1. The molecular formula is C8H4BrNO3S. The van der Waals surface area contributed by atoms with E-state index in [0.29, 0.717) is 9.86 Å². The van der Waals surface area contributed by atoms with Crippen molar-refractivity contribution in [2.24, 2.45) is 0 Å². The van der Waals surface area contributed by atoms with Gasteiger partial charge in [-0.15, -0.1) is 0 Å². The molecule has 0 fully saturated rings. The maximum absolute atomic E-state index is 10.5. The van der Waals surface area contributed by atoms with Crippen LogP contribution >= 0.6 is 27.3 Å². The second-order valence-electron chi connectivity index (χ2n) is 2.66. The Morgan fingerprint density at radius 2 is 2.21 bits per heavy atom. The van der Waals surface area contributed by atoms with E-state index in [-0.39, 0.29) is 10.8 Å². The molecule has 0 radical (unpaired) electrons. The summed E-state index contributed by atoms with van der Waals surface area (Å²) in [4.78, 5) is 10.0. The number of non-ortho nitro benzene ring substituents is 1. The van der Waals surface area contributed by atoms with Gasteiger partial charge in [0.05, 0.1) is 9.40 Å². The molecule has 0 aliphatic rings. The molecule has 72 valence electrons. The van der Waals surface area contributed by atoms with Crippen molar-refractivity contribution in [3.8, 4) is 5.06 Å². The zero-order chi connectivity index (χ0) is 10.3. The molecule has 0 aliphatic carbocycles. The van der Waals surface area contributed by atoms with E-state index in [4.69, 9.17) is 0 Å². The topological polar surface area (TPSA) is 63.4 Å². The van der Waals surface area contributed by atoms with Crippen LogP contribution in [0.2, 0.25) is 0 Å². The third-order valence-corrected chi connectivity index (χ3v) is 3.84. The van der Waals surface area contributed by atoms with Crippen LogP contribution < -0.4 is 0 Å². The SMILES string of the molecule is O=[N+]([O-])c1ccc2sc(O)c(Br)c2c1. The standard InChI is InChI=1S/C8H4BrNO3S/c9-7-5-3-4(10(12)13)1-2-6(5)14-8(7)11/h1-3,11H. The highest BCUT2D eigenvalue weighted by atomic mass is 79.9. The molecule has 0 saturated heterocycles. The van der Waals surface area contributed by atoms with Crippen molar-refractivity contribution in [2.75, 3.05) is 0 Å². The monoisotopic (exact) mass is 273 g/mol. The lowest BCUT2D eigenvalue weighted by Gasteiger charge is -1.91. The van der Waals surface area contributed by atoms with Gasteiger partial charge < -0.3 is 5.11 Å². The molecule has 2 aromatic rings. The summed E-state index contributed by atoms with van der Waals surface area (Å²) < 4.78 is 1.33. The van der Waals surface area contributed by atoms with E-state index in [0.717, 1.165) is 4.70 Å². The summed E-state index contributed by atoms with van der Waals surface area (Å²) in [6, 6.07) is 4.49. The molecule has 1 aromatic heterocycles. The van der Waals surface area contributed by atoms with Crippen LogP contribution in [-0.4, -0.2) is 10.0 Å². The molecule has 0 aliphatic heterocycles. The summed E-state index contributed by atoms with van der Waals surface area (Å²) in [5, 5.41) is 20.7. The van der Waals surface area contributed by atoms with Crippen LogP contribution in [0.25, 0.3) is 10.1 Å². The predicted molar refractivity (Wildman–Crippen MR) is 57.8 cm³/mol. The van der Waals surface area contributed by atoms with Crippen molar-refractivity contribution >= 4 is 43.0 Å². The summed E-state index contributed by atoms with van der Waals surface area (Å²) >= 11 is 4.36. The van der Waals surface area contributed by atoms with E-state index in [9.17, 15) is 15.2 Å². The summed E-state index contributed by atoms with van der Waals surface area (Å²) in [5.41, 5.74) is 0.0241. The van der Waals surface area contributed by atoms with Crippen molar-refractivity contribution in [1.82, 2.24) is 0 Å². The molecule has 1 aromatic carbocycles. The largest absolute Gasteiger partial charge is 0.499 e. The Kier molecular flexibility index (Phi) is 2.16. The molecule has 1 heterocycles. The Bertz CT molecular complexity index is 523. The molecule has 0 amide bonds. The molecule has 6 heteroatoms. The first-order valence-corrected chi connectivity index (χ1v) is 5.26. The number of nitro benzene ring substituents is 1. The zero-order valence-corrected chi connectivity index (χ0v) is 9.13. The second-order valence-corrected chi connectivity index (χ2v) is 4.48. The highest BCUT2D eigenvalue weighted by Gasteiger charge is 2.12. The van der Waals surface area contributed by atoms with E-state index in [1.54, 1.807) is 6.07 Å². The van der Waals surface area contributed by atoms with Crippen LogP contribution in [0.3, 0.4) is 0 Å². The summed E-state index contributed by atoms with van der Waals surface area (Å²) in [6.45, 7) is 0. The lowest BCUT2D eigenvalue weighted by atomic mass is 10.2. The fraction of sp³-hybridized carbons (Fsp3) is 0. The fourth-order valence-corrected chi connectivity index (χ4v) is 2.67. The van der Waals surface area contributed by atoms with Gasteiger partial charge in [0, 0.05) is 22.2 Å². The maximum Gasteiger partial charge on any atom is 0.270 e. The van der Waals surface area contributed by atoms with Crippen molar-refractivity contribution < 1.29 is 10.0 Å². The van der Waals surface area contributed by atoms with Gasteiger partial charge in [-0.3, -0.25) is 10.1 Å². The van der Waals surface area contributed by atoms with Crippen LogP contribution in [0.4, 0.5) is 5.69 Å². The molecule has 1 N–H and O–H groups in total. The second kappa shape index (κ2) is 3.21. The maximum atomic E-state index is 10.5. The molecule has 4 nitrogen and oxygen atoms in total. The van der Waals surface area contributed by atoms with Crippen molar-refractivity contribution in [1.29, 1.82) is 0 Å². The van der Waals surface area contributed by atoms with E-state index in [2.05, 4.69) is 15.9 Å². The Morgan fingerprint density at radius 3 is 2.86 bits per heavy atom. The van der Waals surface area contributed by atoms with Gasteiger partial charge in [0.2, 0.25) is 0 Å². The number of benzene rings is 1. The molecule has 2 rings (SSSR count). The number of halogens is 1. The van der Waals surface area contributed by atoms with E-state index in [1.165, 1.54) is 23.5 Å². The number of thiophene rings is 1. The summed E-state index contributed by atoms with van der Waals surface area (Å²) in [6.07, 6.45) is 0. The van der Waals surface area contributed by atoms with Crippen molar-refractivity contribution in [2.45, 2.75) is 0 Å². The Morgan fingerprint density at radius 1 is 1.50 bits per heavy atom. The van der Waals surface area contributed by atoms with E-state index >= 15 is 0 Å². The number of hydrogen-bond acceptors (Lipinski definition) is 4. The Hall–Kier alpha value is -1.14. The fourth-order valence-electron chi connectivity index (χ4n) is 1.16. The number of nitrogens with zero attached hydrogens (tertiary/aromatic N) is 1. The van der Waals surface area contributed by atoms with Gasteiger partial charge in [-0.25, -0.2) is 0 Å². The molecule has 0 saturated carbocycles. The third kappa shape index (κ3) is 1.36. The molecule has 0 unspecified atom stereocenters. The lowest BCUT2D eigenvalue weighted by molar-refractivity contribution is -0.384. The van der Waals surface area contributed by atoms with Crippen molar-refractivity contribution in [3.63, 3.8) is 0 Å². The molecule has 0 atom stereocenters. The Balaban J connectivity index is 2.76. The summed E-state index contributed by atoms with van der Waals surface area (Å²) in [5.74, 6) is 0. The van der Waals surface area contributed by atoms with Crippen LogP contribution in [0.5, 0.6) is 5.06 Å². The quantitative estimate of drug-likeness (QED) is 0.641. The lowest BCUT2D eigenvalue weighted by Crippen LogP contribution is -1.85. The van der Waals surface area contributed by atoms with Crippen LogP contribution in [0, 0.1) is 10.1 Å². The highest BCUT2D eigenvalue weighted by Crippen LogP contribution is 2.41. The normalized spacial score (nSPS) is 10.6. The molecular weight excluding hydrogens is 270 g/mol. The highest BCUT2D eigenvalue weighted by molar-refractivity contribution is 9.10. The van der Waals surface area contributed by atoms with Crippen LogP contribution in [-0.2, 0) is 0 Å². The average molecular weight is 274 g/mol. The van der Waals surface area contributed by atoms with Gasteiger partial charge in [-0.1, -0.05) is 11.3 Å². The minimum Gasteiger partial charge on any atom is -0.499 e. The first kappa shape index (κ1) is 9.42. The van der Waals surface area contributed by atoms with Gasteiger partial charge in [0.15, 0.2) is 5.06 Å². The number of rotatable bonds is 1. The van der Waals surface area contributed by atoms with Gasteiger partial charge in [-0.2, -0.15) is 0 Å². The minimum absolute atomic E-state index is 0.0241. The predicted octanol–water partition coefficient (Wildman–Crippen LogP) is 3.28. The van der Waals surface area contributed by atoms with Gasteiger partial charge in [-0.05, 0) is 22.0 Å².